The van der Waals surface area contributed by atoms with Crippen molar-refractivity contribution in [1.82, 2.24) is 0 Å². The number of hydrogen-bond donors (Lipinski definition) is 1. The van der Waals surface area contributed by atoms with Gasteiger partial charge < -0.3 is 14.6 Å². The van der Waals surface area contributed by atoms with Gasteiger partial charge in [0.15, 0.2) is 0 Å². The van der Waals surface area contributed by atoms with Gasteiger partial charge in [-0.3, -0.25) is 9.10 Å². The number of anilines is 1. The van der Waals surface area contributed by atoms with Crippen LogP contribution in [-0.2, 0) is 21.0 Å². The molecule has 0 radical (unpaired) electrons. The molecule has 3 aromatic rings. The Hall–Kier alpha value is -3.94. The predicted octanol–water partition coefficient (Wildman–Crippen LogP) is 6.18. The molecule has 4 rings (SSSR count). The van der Waals surface area contributed by atoms with Crippen LogP contribution in [0.15, 0.2) is 65.6 Å². The molecular weight excluding hydrogens is 568 g/mol. The molecule has 0 saturated heterocycles. The third-order valence-electron chi connectivity index (χ3n) is 6.11. The highest BCUT2D eigenvalue weighted by atomic mass is 32.2. The van der Waals surface area contributed by atoms with Crippen molar-refractivity contribution >= 4 is 21.7 Å². The number of sulfonamides is 1. The van der Waals surface area contributed by atoms with Crippen molar-refractivity contribution < 1.29 is 54.1 Å². The molecule has 7 nitrogen and oxygen atoms in total. The van der Waals surface area contributed by atoms with E-state index in [2.05, 4.69) is 4.74 Å². The molecule has 0 amide bonds. The second-order valence-electron chi connectivity index (χ2n) is 9.01. The molecule has 0 fully saturated rings. The number of rotatable bonds is 8. The van der Waals surface area contributed by atoms with Gasteiger partial charge in [0.05, 0.1) is 28.6 Å². The van der Waals surface area contributed by atoms with Crippen LogP contribution in [0, 0.1) is 11.7 Å². The van der Waals surface area contributed by atoms with E-state index < -0.39 is 69.4 Å². The second-order valence-corrected chi connectivity index (χ2v) is 10.9. The molecule has 0 aliphatic carbocycles. The smallest absolute Gasteiger partial charge is 0.416 e. The van der Waals surface area contributed by atoms with Gasteiger partial charge in [0.1, 0.15) is 23.4 Å². The average Bonchev–Trinajstić information content (AvgIpc) is 2.86. The van der Waals surface area contributed by atoms with E-state index in [9.17, 15) is 44.7 Å². The normalized spacial score (nSPS) is 16.3. The number of carbonyl (C=O) groups is 1. The van der Waals surface area contributed by atoms with Crippen molar-refractivity contribution in [2.24, 2.45) is 5.92 Å². The zero-order valence-electron chi connectivity index (χ0n) is 20.5. The fourth-order valence-electron chi connectivity index (χ4n) is 4.20. The van der Waals surface area contributed by atoms with Crippen molar-refractivity contribution in [3.63, 3.8) is 0 Å². The number of carboxylic acid groups (broad SMARTS) is 1. The van der Waals surface area contributed by atoms with Crippen LogP contribution in [0.4, 0.5) is 32.0 Å². The Bertz CT molecular complexity index is 1530. The third-order valence-corrected chi connectivity index (χ3v) is 7.88. The number of alkyl halides is 5. The first-order valence-electron chi connectivity index (χ1n) is 11.6. The van der Waals surface area contributed by atoms with Crippen LogP contribution in [0.25, 0.3) is 11.1 Å². The van der Waals surface area contributed by atoms with Crippen LogP contribution < -0.4 is 13.8 Å². The number of ether oxygens (including phenoxy) is 2. The first-order valence-corrected chi connectivity index (χ1v) is 13.1. The van der Waals surface area contributed by atoms with Gasteiger partial charge in [-0.05, 0) is 60.0 Å². The molecule has 40 heavy (non-hydrogen) atoms. The summed E-state index contributed by atoms with van der Waals surface area (Å²) in [6.45, 7) is -2.29. The monoisotopic (exact) mass is 589 g/mol. The Labute approximate surface area is 224 Å². The van der Waals surface area contributed by atoms with Gasteiger partial charge in [-0.1, -0.05) is 19.1 Å². The summed E-state index contributed by atoms with van der Waals surface area (Å²) in [5, 5.41) is 9.30. The molecule has 1 N–H and O–H groups in total. The Morgan fingerprint density at radius 2 is 1.82 bits per heavy atom. The van der Waals surface area contributed by atoms with E-state index in [4.69, 9.17) is 4.74 Å². The topological polar surface area (TPSA) is 93.1 Å². The van der Waals surface area contributed by atoms with Gasteiger partial charge in [-0.15, -0.1) is 0 Å². The van der Waals surface area contributed by atoms with Crippen molar-refractivity contribution in [2.45, 2.75) is 37.1 Å². The quantitative estimate of drug-likeness (QED) is 0.316. The number of carboxylic acids is 1. The lowest BCUT2D eigenvalue weighted by Gasteiger charge is -2.36. The van der Waals surface area contributed by atoms with Crippen molar-refractivity contribution in [3.05, 3.63) is 72.0 Å². The lowest BCUT2D eigenvalue weighted by molar-refractivity contribution is -0.142. The second kappa shape index (κ2) is 10.9. The van der Waals surface area contributed by atoms with Gasteiger partial charge in [-0.25, -0.2) is 12.8 Å². The van der Waals surface area contributed by atoms with E-state index >= 15 is 0 Å². The van der Waals surface area contributed by atoms with E-state index in [-0.39, 0.29) is 29.0 Å². The molecule has 0 spiro atoms. The summed E-state index contributed by atoms with van der Waals surface area (Å²) in [5.41, 5.74) is -1.13. The lowest BCUT2D eigenvalue weighted by Crippen LogP contribution is -2.44. The van der Waals surface area contributed by atoms with Gasteiger partial charge >= 0.3 is 18.8 Å². The Morgan fingerprint density at radius 3 is 2.48 bits per heavy atom. The first-order chi connectivity index (χ1) is 18.6. The van der Waals surface area contributed by atoms with Gasteiger partial charge in [0.2, 0.25) is 0 Å². The standard InChI is InChI=1S/C26H21F6NO6S/c1-14(24(34)35)7-20-13-33(40(36,37)21-4-2-3-17(11-21)26(30,31)32)22-10-15(5-6-23(22)38-20)16-8-18(27)12-19(9-16)39-25(28)29/h2-6,8-12,14,20,25H,7,13H2,1H3,(H,34,35)/t14-,20+/m1/s1. The highest BCUT2D eigenvalue weighted by Crippen LogP contribution is 2.42. The van der Waals surface area contributed by atoms with E-state index in [0.29, 0.717) is 12.1 Å². The number of nitrogens with zero attached hydrogens (tertiary/aromatic N) is 1. The minimum Gasteiger partial charge on any atom is -0.486 e. The fraction of sp³-hybridized carbons (Fsp3) is 0.269. The molecule has 0 unspecified atom stereocenters. The summed E-state index contributed by atoms with van der Waals surface area (Å²) >= 11 is 0. The zero-order chi connectivity index (χ0) is 29.4. The van der Waals surface area contributed by atoms with Crippen LogP contribution in [-0.4, -0.2) is 38.8 Å². The summed E-state index contributed by atoms with van der Waals surface area (Å²) in [6, 6.07) is 9.89. The fourth-order valence-corrected chi connectivity index (χ4v) is 5.74. The Balaban J connectivity index is 1.83. The largest absolute Gasteiger partial charge is 0.486 e. The average molecular weight is 590 g/mol. The maximum absolute atomic E-state index is 14.2. The van der Waals surface area contributed by atoms with E-state index in [1.165, 1.54) is 25.1 Å². The molecule has 0 bridgehead atoms. The highest BCUT2D eigenvalue weighted by molar-refractivity contribution is 7.92. The maximum atomic E-state index is 14.2. The number of fused-ring (bicyclic) bond motifs is 1. The molecule has 1 aliphatic rings. The number of halogens is 6. The molecule has 214 valence electrons. The molecule has 1 aliphatic heterocycles. The Kier molecular flexibility index (Phi) is 7.92. The molecule has 14 heteroatoms. The first kappa shape index (κ1) is 29.1. The van der Waals surface area contributed by atoms with Crippen molar-refractivity contribution in [2.75, 3.05) is 10.8 Å². The summed E-state index contributed by atoms with van der Waals surface area (Å²) < 4.78 is 118. The van der Waals surface area contributed by atoms with E-state index in [1.807, 2.05) is 0 Å². The molecule has 0 aromatic heterocycles. The van der Waals surface area contributed by atoms with Crippen LogP contribution in [0.2, 0.25) is 0 Å². The molecule has 0 saturated carbocycles. The molecule has 1 heterocycles. The van der Waals surface area contributed by atoms with Gasteiger partial charge in [0, 0.05) is 6.07 Å². The number of benzene rings is 3. The van der Waals surface area contributed by atoms with E-state index in [1.54, 1.807) is 0 Å². The van der Waals surface area contributed by atoms with Crippen molar-refractivity contribution in [1.29, 1.82) is 0 Å². The van der Waals surface area contributed by atoms with Crippen LogP contribution in [0.3, 0.4) is 0 Å². The van der Waals surface area contributed by atoms with Crippen LogP contribution in [0.5, 0.6) is 11.5 Å². The van der Waals surface area contributed by atoms with Crippen LogP contribution in [0.1, 0.15) is 18.9 Å². The van der Waals surface area contributed by atoms with Gasteiger partial charge in [0.25, 0.3) is 10.0 Å². The Morgan fingerprint density at radius 1 is 1.10 bits per heavy atom. The van der Waals surface area contributed by atoms with Crippen LogP contribution >= 0.6 is 0 Å². The van der Waals surface area contributed by atoms with Crippen molar-refractivity contribution in [3.8, 4) is 22.6 Å². The molecule has 3 aromatic carbocycles. The SMILES string of the molecule is C[C@H](C[C@H]1CN(S(=O)(=O)c2cccc(C(F)(F)F)c2)c2cc(-c3cc(F)cc(OC(F)F)c3)ccc2O1)C(=O)O. The lowest BCUT2D eigenvalue weighted by atomic mass is 10.0. The minimum absolute atomic E-state index is 0.0337. The molecule has 2 atom stereocenters. The summed E-state index contributed by atoms with van der Waals surface area (Å²) in [7, 11) is -4.67. The van der Waals surface area contributed by atoms with Gasteiger partial charge in [-0.2, -0.15) is 22.0 Å². The zero-order valence-corrected chi connectivity index (χ0v) is 21.3. The van der Waals surface area contributed by atoms with E-state index in [0.717, 1.165) is 34.6 Å². The number of aliphatic carboxylic acids is 1. The number of hydrogen-bond acceptors (Lipinski definition) is 5. The summed E-state index contributed by atoms with van der Waals surface area (Å²) in [4.78, 5) is 10.7. The highest BCUT2D eigenvalue weighted by Gasteiger charge is 2.38. The predicted molar refractivity (Wildman–Crippen MR) is 130 cm³/mol. The summed E-state index contributed by atoms with van der Waals surface area (Å²) in [6.07, 6.45) is -5.93. The minimum atomic E-state index is -4.82. The summed E-state index contributed by atoms with van der Waals surface area (Å²) in [5.74, 6) is -3.54. The third kappa shape index (κ3) is 6.27. The maximum Gasteiger partial charge on any atom is 0.416 e. The molecular formula is C26H21F6NO6S.